The Morgan fingerprint density at radius 3 is 2.49 bits per heavy atom. The van der Waals surface area contributed by atoms with Crippen molar-refractivity contribution < 1.29 is 9.13 Å². The summed E-state index contributed by atoms with van der Waals surface area (Å²) >= 11 is 0. The summed E-state index contributed by atoms with van der Waals surface area (Å²) in [6.45, 7) is 1.14. The second-order valence-corrected chi connectivity index (χ2v) is 8.26. The minimum absolute atomic E-state index is 0.247. The number of nitrogens with zero attached hydrogens (tertiary/aromatic N) is 6. The third kappa shape index (κ3) is 5.10. The van der Waals surface area contributed by atoms with E-state index in [1.807, 2.05) is 67.5 Å². The molecule has 8 nitrogen and oxygen atoms in total. The predicted octanol–water partition coefficient (Wildman–Crippen LogP) is 4.70. The molecule has 0 amide bonds. The van der Waals surface area contributed by atoms with E-state index >= 15 is 0 Å². The Balaban J connectivity index is 1.40. The van der Waals surface area contributed by atoms with Crippen molar-refractivity contribution in [1.82, 2.24) is 29.6 Å². The second kappa shape index (κ2) is 9.86. The van der Waals surface area contributed by atoms with Crippen LogP contribution in [-0.2, 0) is 0 Å². The van der Waals surface area contributed by atoms with Crippen LogP contribution in [0.2, 0.25) is 0 Å². The molecule has 0 saturated heterocycles. The molecule has 0 aliphatic carbocycles. The Morgan fingerprint density at radius 1 is 0.943 bits per heavy atom. The maximum atomic E-state index is 14.7. The molecule has 0 spiro atoms. The molecule has 2 heterocycles. The fourth-order valence-corrected chi connectivity index (χ4v) is 3.65. The molecule has 35 heavy (non-hydrogen) atoms. The molecule has 9 heteroatoms. The summed E-state index contributed by atoms with van der Waals surface area (Å²) in [7, 11) is 3.90. The van der Waals surface area contributed by atoms with E-state index in [-0.39, 0.29) is 5.75 Å². The maximum Gasteiger partial charge on any atom is 0.165 e. The SMILES string of the molecule is CN(C)CCOc1ccc(-c2ccc3ncnc(Nc4ccc(-n5cncn5)cc4)c3c2)cc1F. The number of anilines is 2. The fourth-order valence-electron chi connectivity index (χ4n) is 3.65. The zero-order valence-corrected chi connectivity index (χ0v) is 19.4. The van der Waals surface area contributed by atoms with Gasteiger partial charge in [-0.15, -0.1) is 0 Å². The van der Waals surface area contributed by atoms with Crippen LogP contribution >= 0.6 is 0 Å². The van der Waals surface area contributed by atoms with Crippen LogP contribution in [0, 0.1) is 5.82 Å². The predicted molar refractivity (Wildman–Crippen MR) is 134 cm³/mol. The van der Waals surface area contributed by atoms with Gasteiger partial charge in [-0.1, -0.05) is 12.1 Å². The molecule has 0 aliphatic rings. The first kappa shape index (κ1) is 22.4. The number of benzene rings is 3. The molecule has 2 aromatic heterocycles. The van der Waals surface area contributed by atoms with Crippen LogP contribution in [0.25, 0.3) is 27.7 Å². The van der Waals surface area contributed by atoms with Gasteiger partial charge in [-0.25, -0.2) is 24.0 Å². The average molecular weight is 470 g/mol. The molecule has 0 aliphatic heterocycles. The molecular weight excluding hydrogens is 445 g/mol. The summed E-state index contributed by atoms with van der Waals surface area (Å²) in [6, 6.07) is 18.6. The Morgan fingerprint density at radius 2 is 1.74 bits per heavy atom. The van der Waals surface area contributed by atoms with E-state index in [0.29, 0.717) is 19.0 Å². The topological polar surface area (TPSA) is 81.0 Å². The summed E-state index contributed by atoms with van der Waals surface area (Å²) in [5.74, 6) is 0.516. The highest BCUT2D eigenvalue weighted by Crippen LogP contribution is 2.31. The smallest absolute Gasteiger partial charge is 0.165 e. The van der Waals surface area contributed by atoms with E-state index in [2.05, 4.69) is 25.4 Å². The number of likely N-dealkylation sites (N-methyl/N-ethyl adjacent to an activating group) is 1. The number of fused-ring (bicyclic) bond motifs is 1. The van der Waals surface area contributed by atoms with Gasteiger partial charge < -0.3 is 15.0 Å². The van der Waals surface area contributed by atoms with Crippen molar-refractivity contribution in [2.75, 3.05) is 32.6 Å². The lowest BCUT2D eigenvalue weighted by molar-refractivity contribution is 0.252. The first-order valence-electron chi connectivity index (χ1n) is 11.1. The van der Waals surface area contributed by atoms with Gasteiger partial charge in [-0.05, 0) is 73.8 Å². The Bertz CT molecular complexity index is 1440. The lowest BCUT2D eigenvalue weighted by atomic mass is 10.0. The summed E-state index contributed by atoms with van der Waals surface area (Å²) < 4.78 is 21.9. The van der Waals surface area contributed by atoms with Crippen LogP contribution in [-0.4, -0.2) is 56.9 Å². The fraction of sp³-hybridized carbons (Fsp3) is 0.154. The average Bonchev–Trinajstić information content (AvgIpc) is 3.40. The number of ether oxygens (including phenoxy) is 1. The molecular formula is C26H24FN7O. The van der Waals surface area contributed by atoms with Crippen molar-refractivity contribution in [3.05, 3.63) is 85.5 Å². The maximum absolute atomic E-state index is 14.7. The largest absolute Gasteiger partial charge is 0.489 e. The van der Waals surface area contributed by atoms with Gasteiger partial charge in [0.2, 0.25) is 0 Å². The number of hydrogen-bond donors (Lipinski definition) is 1. The molecule has 0 radical (unpaired) electrons. The van der Waals surface area contributed by atoms with Crippen LogP contribution in [0.1, 0.15) is 0 Å². The molecule has 0 unspecified atom stereocenters. The Hall–Kier alpha value is -4.37. The Kier molecular flexibility index (Phi) is 6.32. The van der Waals surface area contributed by atoms with Gasteiger partial charge >= 0.3 is 0 Å². The van der Waals surface area contributed by atoms with Gasteiger partial charge in [0.05, 0.1) is 11.2 Å². The van der Waals surface area contributed by atoms with Crippen molar-refractivity contribution >= 4 is 22.4 Å². The van der Waals surface area contributed by atoms with E-state index in [9.17, 15) is 4.39 Å². The number of halogens is 1. The number of hydrogen-bond acceptors (Lipinski definition) is 7. The molecule has 1 N–H and O–H groups in total. The third-order valence-electron chi connectivity index (χ3n) is 5.51. The van der Waals surface area contributed by atoms with E-state index in [1.54, 1.807) is 17.1 Å². The summed E-state index contributed by atoms with van der Waals surface area (Å²) in [4.78, 5) is 14.8. The number of aromatic nitrogens is 5. The highest BCUT2D eigenvalue weighted by molar-refractivity contribution is 5.93. The van der Waals surface area contributed by atoms with Crippen LogP contribution in [0.15, 0.2) is 79.6 Å². The van der Waals surface area contributed by atoms with E-state index in [4.69, 9.17) is 4.74 Å². The quantitative estimate of drug-likeness (QED) is 0.353. The van der Waals surface area contributed by atoms with Crippen LogP contribution < -0.4 is 10.1 Å². The van der Waals surface area contributed by atoms with Gasteiger partial charge in [0.25, 0.3) is 0 Å². The number of rotatable bonds is 8. The van der Waals surface area contributed by atoms with Gasteiger partial charge in [0.15, 0.2) is 11.6 Å². The Labute approximate surface area is 202 Å². The molecule has 5 rings (SSSR count). The highest BCUT2D eigenvalue weighted by atomic mass is 19.1. The molecule has 0 saturated carbocycles. The first-order valence-corrected chi connectivity index (χ1v) is 11.1. The second-order valence-electron chi connectivity index (χ2n) is 8.26. The van der Waals surface area contributed by atoms with Gasteiger partial charge in [-0.2, -0.15) is 5.10 Å². The van der Waals surface area contributed by atoms with Crippen LogP contribution in [0.4, 0.5) is 15.9 Å². The van der Waals surface area contributed by atoms with Crippen LogP contribution in [0.3, 0.4) is 0 Å². The molecule has 3 aromatic carbocycles. The lowest BCUT2D eigenvalue weighted by Crippen LogP contribution is -2.19. The minimum Gasteiger partial charge on any atom is -0.489 e. The molecule has 176 valence electrons. The van der Waals surface area contributed by atoms with Gasteiger partial charge in [0.1, 0.15) is 31.4 Å². The lowest BCUT2D eigenvalue weighted by Gasteiger charge is -2.13. The summed E-state index contributed by atoms with van der Waals surface area (Å²) in [5.41, 5.74) is 4.16. The van der Waals surface area contributed by atoms with Crippen molar-refractivity contribution in [3.63, 3.8) is 0 Å². The van der Waals surface area contributed by atoms with Crippen molar-refractivity contribution in [2.24, 2.45) is 0 Å². The highest BCUT2D eigenvalue weighted by Gasteiger charge is 2.10. The van der Waals surface area contributed by atoms with E-state index in [0.717, 1.165) is 33.4 Å². The zero-order valence-electron chi connectivity index (χ0n) is 19.4. The molecule has 0 bridgehead atoms. The van der Waals surface area contributed by atoms with Crippen molar-refractivity contribution in [2.45, 2.75) is 0 Å². The van der Waals surface area contributed by atoms with Crippen LogP contribution in [0.5, 0.6) is 5.75 Å². The first-order chi connectivity index (χ1) is 17.1. The molecule has 0 fully saturated rings. The van der Waals surface area contributed by atoms with Crippen molar-refractivity contribution in [1.29, 1.82) is 0 Å². The summed E-state index contributed by atoms with van der Waals surface area (Å²) in [5, 5.41) is 8.33. The normalized spacial score (nSPS) is 11.2. The standard InChI is InChI=1S/C26H24FN7O/c1-33(2)11-12-35-25-10-4-19(14-23(25)27)18-3-9-24-22(13-18)26(30-16-29-24)32-20-5-7-21(8-6-20)34-17-28-15-31-34/h3-10,13-17H,11-12H2,1-2H3,(H,29,30,32). The number of nitrogens with one attached hydrogen (secondary N) is 1. The van der Waals surface area contributed by atoms with E-state index in [1.165, 1.54) is 18.7 Å². The zero-order chi connectivity index (χ0) is 24.2. The molecule has 5 aromatic rings. The minimum atomic E-state index is -0.392. The third-order valence-corrected chi connectivity index (χ3v) is 5.51. The summed E-state index contributed by atoms with van der Waals surface area (Å²) in [6.07, 6.45) is 4.66. The monoisotopic (exact) mass is 469 g/mol. The van der Waals surface area contributed by atoms with E-state index < -0.39 is 5.82 Å². The molecule has 0 atom stereocenters. The van der Waals surface area contributed by atoms with Gasteiger partial charge in [-0.3, -0.25) is 0 Å². The van der Waals surface area contributed by atoms with Gasteiger partial charge in [0, 0.05) is 17.6 Å². The van der Waals surface area contributed by atoms with Crippen molar-refractivity contribution in [3.8, 4) is 22.6 Å².